The fourth-order valence-corrected chi connectivity index (χ4v) is 4.36. The van der Waals surface area contributed by atoms with Crippen molar-refractivity contribution < 1.29 is 9.84 Å². The molecule has 5 rings (SSSR count). The molecule has 8 heteroatoms. The minimum Gasteiger partial charge on any atom is -0.497 e. The number of hydrogen-bond donors (Lipinski definition) is 3. The highest BCUT2D eigenvalue weighted by molar-refractivity contribution is 6.14. The number of H-pyrrole nitrogens is 2. The molecular formula is C29H26N4O4. The van der Waals surface area contributed by atoms with Gasteiger partial charge in [0.2, 0.25) is 5.88 Å². The molecule has 0 spiro atoms. The molecule has 0 saturated carbocycles. The normalized spacial score (nSPS) is 11.7. The van der Waals surface area contributed by atoms with Crippen molar-refractivity contribution in [2.45, 2.75) is 13.3 Å². The summed E-state index contributed by atoms with van der Waals surface area (Å²) >= 11 is 0. The number of nitrogens with zero attached hydrogens (tertiary/aromatic N) is 2. The first-order valence-corrected chi connectivity index (χ1v) is 11.9. The predicted molar refractivity (Wildman–Crippen MR) is 145 cm³/mol. The summed E-state index contributed by atoms with van der Waals surface area (Å²) in [4.78, 5) is 36.2. The Morgan fingerprint density at radius 3 is 2.46 bits per heavy atom. The SMILES string of the molecule is COc1ccc(-n2c(O)c(C(=NCCc3c[nH]c4ccccc34)c3ccc(C)cc3)c(=O)[nH]c2=O)cc1. The molecule has 0 aliphatic rings. The second kappa shape index (κ2) is 10.0. The van der Waals surface area contributed by atoms with Gasteiger partial charge in [0.1, 0.15) is 11.3 Å². The summed E-state index contributed by atoms with van der Waals surface area (Å²) in [6.07, 6.45) is 2.58. The van der Waals surface area contributed by atoms with Crippen molar-refractivity contribution in [1.29, 1.82) is 0 Å². The fraction of sp³-hybridized carbons (Fsp3) is 0.138. The van der Waals surface area contributed by atoms with E-state index in [2.05, 4.69) is 9.97 Å². The first-order chi connectivity index (χ1) is 18.0. The Labute approximate surface area is 212 Å². The number of aryl methyl sites for hydroxylation is 1. The van der Waals surface area contributed by atoms with Crippen LogP contribution in [0.25, 0.3) is 16.6 Å². The number of hydrogen-bond acceptors (Lipinski definition) is 5. The largest absolute Gasteiger partial charge is 0.497 e. The average Bonchev–Trinajstić information content (AvgIpc) is 3.31. The van der Waals surface area contributed by atoms with E-state index < -0.39 is 17.1 Å². The van der Waals surface area contributed by atoms with Crippen LogP contribution in [-0.2, 0) is 6.42 Å². The van der Waals surface area contributed by atoms with Crippen LogP contribution in [0.2, 0.25) is 0 Å². The highest BCUT2D eigenvalue weighted by Crippen LogP contribution is 2.23. The Balaban J connectivity index is 1.61. The maximum Gasteiger partial charge on any atom is 0.335 e. The summed E-state index contributed by atoms with van der Waals surface area (Å²) in [5, 5.41) is 12.4. The van der Waals surface area contributed by atoms with Gasteiger partial charge in [-0.25, -0.2) is 9.36 Å². The third kappa shape index (κ3) is 4.69. The highest BCUT2D eigenvalue weighted by atomic mass is 16.5. The van der Waals surface area contributed by atoms with Gasteiger partial charge in [0.15, 0.2) is 0 Å². The molecule has 0 unspecified atom stereocenters. The molecule has 37 heavy (non-hydrogen) atoms. The van der Waals surface area contributed by atoms with E-state index in [0.717, 1.165) is 26.6 Å². The third-order valence-electron chi connectivity index (χ3n) is 6.30. The first kappa shape index (κ1) is 23.9. The number of para-hydroxylation sites is 1. The molecule has 3 aromatic carbocycles. The Morgan fingerprint density at radius 1 is 1.00 bits per heavy atom. The number of rotatable bonds is 7. The zero-order valence-corrected chi connectivity index (χ0v) is 20.5. The summed E-state index contributed by atoms with van der Waals surface area (Å²) in [6, 6.07) is 22.1. The van der Waals surface area contributed by atoms with Crippen LogP contribution >= 0.6 is 0 Å². The highest BCUT2D eigenvalue weighted by Gasteiger charge is 2.22. The summed E-state index contributed by atoms with van der Waals surface area (Å²) < 4.78 is 6.24. The van der Waals surface area contributed by atoms with Gasteiger partial charge < -0.3 is 14.8 Å². The Morgan fingerprint density at radius 2 is 1.73 bits per heavy atom. The smallest absolute Gasteiger partial charge is 0.335 e. The number of aromatic nitrogens is 3. The van der Waals surface area contributed by atoms with Gasteiger partial charge in [0, 0.05) is 29.2 Å². The van der Waals surface area contributed by atoms with E-state index in [4.69, 9.17) is 9.73 Å². The van der Waals surface area contributed by atoms with Crippen LogP contribution in [-0.4, -0.2) is 39.0 Å². The van der Waals surface area contributed by atoms with Crippen molar-refractivity contribution in [3.05, 3.63) is 122 Å². The van der Waals surface area contributed by atoms with E-state index in [1.807, 2.05) is 61.7 Å². The molecule has 186 valence electrons. The lowest BCUT2D eigenvalue weighted by Gasteiger charge is -2.14. The number of nitrogens with one attached hydrogen (secondary N) is 2. The summed E-state index contributed by atoms with van der Waals surface area (Å²) in [5.74, 6) is 0.116. The molecule has 0 amide bonds. The third-order valence-corrected chi connectivity index (χ3v) is 6.30. The monoisotopic (exact) mass is 494 g/mol. The minimum atomic E-state index is -0.751. The molecular weight excluding hydrogens is 468 g/mol. The molecule has 0 atom stereocenters. The van der Waals surface area contributed by atoms with E-state index >= 15 is 0 Å². The van der Waals surface area contributed by atoms with Crippen molar-refractivity contribution in [2.75, 3.05) is 13.7 Å². The minimum absolute atomic E-state index is 0.0711. The predicted octanol–water partition coefficient (Wildman–Crippen LogP) is 4.11. The molecule has 0 fully saturated rings. The fourth-order valence-electron chi connectivity index (χ4n) is 4.36. The molecule has 0 aliphatic carbocycles. The number of ether oxygens (including phenoxy) is 1. The second-order valence-corrected chi connectivity index (χ2v) is 8.70. The van der Waals surface area contributed by atoms with E-state index in [0.29, 0.717) is 35.7 Å². The van der Waals surface area contributed by atoms with E-state index in [1.165, 1.54) is 7.11 Å². The molecule has 0 saturated heterocycles. The molecule has 5 aromatic rings. The second-order valence-electron chi connectivity index (χ2n) is 8.70. The molecule has 3 N–H and O–H groups in total. The van der Waals surface area contributed by atoms with Crippen LogP contribution in [0, 0.1) is 6.92 Å². The lowest BCUT2D eigenvalue weighted by atomic mass is 10.0. The Hall–Kier alpha value is -4.85. The van der Waals surface area contributed by atoms with Crippen molar-refractivity contribution in [3.63, 3.8) is 0 Å². The lowest BCUT2D eigenvalue weighted by molar-refractivity contribution is 0.414. The number of aromatic amines is 2. The van der Waals surface area contributed by atoms with Crippen molar-refractivity contribution in [1.82, 2.24) is 14.5 Å². The number of benzene rings is 3. The zero-order valence-electron chi connectivity index (χ0n) is 20.5. The van der Waals surface area contributed by atoms with Gasteiger partial charge in [-0.3, -0.25) is 14.8 Å². The standard InChI is InChI=1S/C29H26N4O4/c1-18-7-9-19(10-8-18)26(30-16-15-20-17-31-24-6-4-3-5-23(20)24)25-27(34)32-29(36)33(28(25)35)21-11-13-22(37-2)14-12-21/h3-14,17,31,35H,15-16H2,1-2H3,(H,32,34,36). The number of aromatic hydroxyl groups is 1. The van der Waals surface area contributed by atoms with E-state index in [1.54, 1.807) is 24.3 Å². The van der Waals surface area contributed by atoms with Crippen LogP contribution < -0.4 is 16.0 Å². The van der Waals surface area contributed by atoms with Gasteiger partial charge in [0.25, 0.3) is 5.56 Å². The lowest BCUT2D eigenvalue weighted by Crippen LogP contribution is -2.33. The quantitative estimate of drug-likeness (QED) is 0.296. The van der Waals surface area contributed by atoms with Gasteiger partial charge in [-0.05, 0) is 49.2 Å². The van der Waals surface area contributed by atoms with Crippen molar-refractivity contribution in [2.24, 2.45) is 4.99 Å². The molecule has 2 aromatic heterocycles. The molecule has 0 bridgehead atoms. The van der Waals surface area contributed by atoms with Gasteiger partial charge in [-0.2, -0.15) is 0 Å². The Bertz CT molecular complexity index is 1710. The van der Waals surface area contributed by atoms with Crippen LogP contribution in [0.1, 0.15) is 22.3 Å². The molecule has 0 radical (unpaired) electrons. The molecule has 0 aliphatic heterocycles. The maximum absolute atomic E-state index is 13.1. The van der Waals surface area contributed by atoms with Crippen LogP contribution in [0.4, 0.5) is 0 Å². The van der Waals surface area contributed by atoms with E-state index in [9.17, 15) is 14.7 Å². The Kier molecular flexibility index (Phi) is 6.47. The van der Waals surface area contributed by atoms with Crippen LogP contribution in [0.15, 0.2) is 93.6 Å². The van der Waals surface area contributed by atoms with Crippen LogP contribution in [0.3, 0.4) is 0 Å². The van der Waals surface area contributed by atoms with Gasteiger partial charge in [-0.1, -0.05) is 48.0 Å². The average molecular weight is 495 g/mol. The number of fused-ring (bicyclic) bond motifs is 1. The van der Waals surface area contributed by atoms with Crippen molar-refractivity contribution >= 4 is 16.6 Å². The van der Waals surface area contributed by atoms with Crippen molar-refractivity contribution in [3.8, 4) is 17.3 Å². The van der Waals surface area contributed by atoms with Gasteiger partial charge >= 0.3 is 5.69 Å². The number of methoxy groups -OCH3 is 1. The van der Waals surface area contributed by atoms with Gasteiger partial charge in [0.05, 0.1) is 18.5 Å². The topological polar surface area (TPSA) is 112 Å². The maximum atomic E-state index is 13.1. The molecule has 2 heterocycles. The summed E-state index contributed by atoms with van der Waals surface area (Å²) in [6.45, 7) is 2.33. The first-order valence-electron chi connectivity index (χ1n) is 11.9. The summed E-state index contributed by atoms with van der Waals surface area (Å²) in [7, 11) is 1.54. The zero-order chi connectivity index (χ0) is 25.9. The number of aliphatic imine (C=N–C) groups is 1. The summed E-state index contributed by atoms with van der Waals surface area (Å²) in [5.41, 5.74) is 3.00. The molecule has 8 nitrogen and oxygen atoms in total. The van der Waals surface area contributed by atoms with Gasteiger partial charge in [-0.15, -0.1) is 0 Å². The van der Waals surface area contributed by atoms with E-state index in [-0.39, 0.29) is 5.56 Å². The van der Waals surface area contributed by atoms with Crippen LogP contribution in [0.5, 0.6) is 11.6 Å².